The van der Waals surface area contributed by atoms with Gasteiger partial charge in [0, 0.05) is 6.54 Å². The quantitative estimate of drug-likeness (QED) is 0.503. The van der Waals surface area contributed by atoms with Crippen LogP contribution in [0.3, 0.4) is 0 Å². The molecule has 2 rings (SSSR count). The zero-order chi connectivity index (χ0) is 23.3. The SMILES string of the molecule is CCCC[C@H](NC(=O)[C@@H]1CCCN1C(=O)OCc1ccccc1)C(=O)NCC(=O)OCC. The summed E-state index contributed by atoms with van der Waals surface area (Å²) in [5.41, 5.74) is 0.860. The number of amides is 3. The van der Waals surface area contributed by atoms with E-state index in [0.717, 1.165) is 18.4 Å². The maximum atomic E-state index is 12.9. The van der Waals surface area contributed by atoms with Crippen LogP contribution in [-0.2, 0) is 30.5 Å². The number of nitrogens with one attached hydrogen (secondary N) is 2. The molecule has 1 fully saturated rings. The molecule has 0 radical (unpaired) electrons. The fraction of sp³-hybridized carbons (Fsp3) is 0.565. The largest absolute Gasteiger partial charge is 0.465 e. The molecule has 1 heterocycles. The van der Waals surface area contributed by atoms with Crippen LogP contribution in [0.25, 0.3) is 0 Å². The second kappa shape index (κ2) is 13.3. The average Bonchev–Trinajstić information content (AvgIpc) is 3.29. The lowest BCUT2D eigenvalue weighted by molar-refractivity contribution is -0.143. The normalized spacial score (nSPS) is 16.2. The minimum absolute atomic E-state index is 0.125. The fourth-order valence-electron chi connectivity index (χ4n) is 3.50. The van der Waals surface area contributed by atoms with Gasteiger partial charge in [0.05, 0.1) is 6.61 Å². The van der Waals surface area contributed by atoms with Crippen molar-refractivity contribution in [3.63, 3.8) is 0 Å². The van der Waals surface area contributed by atoms with Gasteiger partial charge in [0.2, 0.25) is 11.8 Å². The summed E-state index contributed by atoms with van der Waals surface area (Å²) >= 11 is 0. The highest BCUT2D eigenvalue weighted by Crippen LogP contribution is 2.19. The molecule has 0 spiro atoms. The Labute approximate surface area is 188 Å². The van der Waals surface area contributed by atoms with E-state index in [1.165, 1.54) is 4.90 Å². The molecule has 1 saturated heterocycles. The summed E-state index contributed by atoms with van der Waals surface area (Å²) in [6.07, 6.45) is 2.62. The first kappa shape index (κ1) is 25.2. The number of hydrogen-bond donors (Lipinski definition) is 2. The summed E-state index contributed by atoms with van der Waals surface area (Å²) in [5, 5.41) is 5.27. The Morgan fingerprint density at radius 3 is 2.56 bits per heavy atom. The number of ether oxygens (including phenoxy) is 2. The molecule has 32 heavy (non-hydrogen) atoms. The monoisotopic (exact) mass is 447 g/mol. The number of benzene rings is 1. The maximum absolute atomic E-state index is 12.9. The Bertz CT molecular complexity index is 770. The molecule has 3 amide bonds. The molecular formula is C23H33N3O6. The van der Waals surface area contributed by atoms with Crippen molar-refractivity contribution in [2.24, 2.45) is 0 Å². The molecule has 9 heteroatoms. The molecule has 1 aliphatic rings. The van der Waals surface area contributed by atoms with Gasteiger partial charge in [-0.05, 0) is 31.7 Å². The number of esters is 1. The lowest BCUT2D eigenvalue weighted by atomic mass is 10.1. The molecule has 0 saturated carbocycles. The van der Waals surface area contributed by atoms with E-state index in [1.54, 1.807) is 6.92 Å². The Kier molecular flexibility index (Phi) is 10.5. The van der Waals surface area contributed by atoms with Gasteiger partial charge < -0.3 is 20.1 Å². The van der Waals surface area contributed by atoms with Crippen molar-refractivity contribution in [1.29, 1.82) is 0 Å². The molecule has 0 unspecified atom stereocenters. The molecule has 9 nitrogen and oxygen atoms in total. The van der Waals surface area contributed by atoms with E-state index in [9.17, 15) is 19.2 Å². The summed E-state index contributed by atoms with van der Waals surface area (Å²) < 4.78 is 10.2. The van der Waals surface area contributed by atoms with E-state index in [0.29, 0.717) is 25.8 Å². The predicted molar refractivity (Wildman–Crippen MR) is 117 cm³/mol. The van der Waals surface area contributed by atoms with Crippen molar-refractivity contribution in [1.82, 2.24) is 15.5 Å². The van der Waals surface area contributed by atoms with Crippen molar-refractivity contribution in [3.05, 3.63) is 35.9 Å². The number of carbonyl (C=O) groups is 4. The summed E-state index contributed by atoms with van der Waals surface area (Å²) in [6, 6.07) is 7.82. The number of hydrogen-bond acceptors (Lipinski definition) is 6. The highest BCUT2D eigenvalue weighted by Gasteiger charge is 2.36. The zero-order valence-corrected chi connectivity index (χ0v) is 18.8. The minimum Gasteiger partial charge on any atom is -0.465 e. The van der Waals surface area contributed by atoms with Gasteiger partial charge >= 0.3 is 12.1 Å². The number of likely N-dealkylation sites (tertiary alicyclic amines) is 1. The van der Waals surface area contributed by atoms with Gasteiger partial charge in [-0.1, -0.05) is 50.1 Å². The first-order valence-corrected chi connectivity index (χ1v) is 11.2. The van der Waals surface area contributed by atoms with Crippen molar-refractivity contribution in [2.75, 3.05) is 19.7 Å². The van der Waals surface area contributed by atoms with E-state index in [-0.39, 0.29) is 19.8 Å². The summed E-state index contributed by atoms with van der Waals surface area (Å²) in [5.74, 6) is -1.38. The minimum atomic E-state index is -0.792. The third-order valence-corrected chi connectivity index (χ3v) is 5.19. The second-order valence-electron chi connectivity index (χ2n) is 7.62. The van der Waals surface area contributed by atoms with E-state index >= 15 is 0 Å². The lowest BCUT2D eigenvalue weighted by Gasteiger charge is -2.26. The van der Waals surface area contributed by atoms with Gasteiger partial charge in [-0.15, -0.1) is 0 Å². The van der Waals surface area contributed by atoms with E-state index in [1.807, 2.05) is 37.3 Å². The highest BCUT2D eigenvalue weighted by molar-refractivity contribution is 5.92. The molecule has 0 aliphatic carbocycles. The van der Waals surface area contributed by atoms with Crippen LogP contribution < -0.4 is 10.6 Å². The third kappa shape index (κ3) is 7.86. The molecule has 0 aromatic heterocycles. The third-order valence-electron chi connectivity index (χ3n) is 5.19. The van der Waals surface area contributed by atoms with Gasteiger partial charge in [-0.25, -0.2) is 4.79 Å². The maximum Gasteiger partial charge on any atom is 0.410 e. The van der Waals surface area contributed by atoms with Crippen LogP contribution in [0, 0.1) is 0 Å². The molecule has 1 aromatic rings. The van der Waals surface area contributed by atoms with E-state index in [4.69, 9.17) is 9.47 Å². The van der Waals surface area contributed by atoms with Crippen LogP contribution in [-0.4, -0.2) is 60.6 Å². The van der Waals surface area contributed by atoms with Gasteiger partial charge in [0.15, 0.2) is 0 Å². The standard InChI is InChI=1S/C23H33N3O6/c1-3-5-12-18(21(28)24-15-20(27)31-4-2)25-22(29)19-13-9-14-26(19)23(30)32-16-17-10-7-6-8-11-17/h6-8,10-11,18-19H,3-5,9,12-16H2,1-2H3,(H,24,28)(H,25,29)/t18-,19-/m0/s1. The molecule has 2 N–H and O–H groups in total. The number of nitrogens with zero attached hydrogens (tertiary/aromatic N) is 1. The Balaban J connectivity index is 1.93. The first-order valence-electron chi connectivity index (χ1n) is 11.2. The number of carbonyl (C=O) groups excluding carboxylic acids is 4. The Morgan fingerprint density at radius 1 is 1.12 bits per heavy atom. The predicted octanol–water partition coefficient (Wildman–Crippen LogP) is 2.14. The smallest absolute Gasteiger partial charge is 0.410 e. The fourth-order valence-corrected chi connectivity index (χ4v) is 3.50. The van der Waals surface area contributed by atoms with Crippen molar-refractivity contribution in [3.8, 4) is 0 Å². The van der Waals surface area contributed by atoms with Crippen molar-refractivity contribution >= 4 is 23.9 Å². The molecule has 1 aliphatic heterocycles. The second-order valence-corrected chi connectivity index (χ2v) is 7.62. The summed E-state index contributed by atoms with van der Waals surface area (Å²) in [6.45, 7) is 4.18. The van der Waals surface area contributed by atoms with Gasteiger partial charge in [0.1, 0.15) is 25.2 Å². The van der Waals surface area contributed by atoms with Crippen LogP contribution in [0.15, 0.2) is 30.3 Å². The highest BCUT2D eigenvalue weighted by atomic mass is 16.6. The van der Waals surface area contributed by atoms with Crippen LogP contribution >= 0.6 is 0 Å². The molecule has 1 aromatic carbocycles. The number of unbranched alkanes of at least 4 members (excludes halogenated alkanes) is 1. The summed E-state index contributed by atoms with van der Waals surface area (Å²) in [7, 11) is 0. The molecule has 2 atom stereocenters. The van der Waals surface area contributed by atoms with Crippen molar-refractivity contribution < 1.29 is 28.7 Å². The van der Waals surface area contributed by atoms with Crippen LogP contribution in [0.1, 0.15) is 51.5 Å². The molecular weight excluding hydrogens is 414 g/mol. The van der Waals surface area contributed by atoms with Crippen LogP contribution in [0.4, 0.5) is 4.79 Å². The Morgan fingerprint density at radius 2 is 1.88 bits per heavy atom. The molecule has 176 valence electrons. The average molecular weight is 448 g/mol. The topological polar surface area (TPSA) is 114 Å². The molecule has 0 bridgehead atoms. The van der Waals surface area contributed by atoms with E-state index in [2.05, 4.69) is 10.6 Å². The van der Waals surface area contributed by atoms with E-state index < -0.39 is 36.0 Å². The number of rotatable bonds is 11. The van der Waals surface area contributed by atoms with Gasteiger partial charge in [0.25, 0.3) is 0 Å². The van der Waals surface area contributed by atoms with Crippen LogP contribution in [0.5, 0.6) is 0 Å². The van der Waals surface area contributed by atoms with Crippen molar-refractivity contribution in [2.45, 2.75) is 64.6 Å². The van der Waals surface area contributed by atoms with Gasteiger partial charge in [-0.2, -0.15) is 0 Å². The lowest BCUT2D eigenvalue weighted by Crippen LogP contribution is -2.53. The zero-order valence-electron chi connectivity index (χ0n) is 18.8. The Hall–Kier alpha value is -3.10. The van der Waals surface area contributed by atoms with Crippen LogP contribution in [0.2, 0.25) is 0 Å². The van der Waals surface area contributed by atoms with Gasteiger partial charge in [-0.3, -0.25) is 19.3 Å². The first-order chi connectivity index (χ1) is 15.5. The summed E-state index contributed by atoms with van der Waals surface area (Å²) in [4.78, 5) is 50.9.